The second-order valence-electron chi connectivity index (χ2n) is 10.1. The number of piperidine rings is 1. The molecule has 8 heteroatoms. The van der Waals surface area contributed by atoms with Gasteiger partial charge in [0.1, 0.15) is 5.82 Å². The van der Waals surface area contributed by atoms with Crippen molar-refractivity contribution in [3.8, 4) is 6.07 Å². The van der Waals surface area contributed by atoms with Crippen LogP contribution in [0.2, 0.25) is 0 Å². The minimum atomic E-state index is 0.131. The number of aryl methyl sites for hydroxylation is 1. The Kier molecular flexibility index (Phi) is 8.15. The van der Waals surface area contributed by atoms with E-state index in [0.717, 1.165) is 81.0 Å². The SMILES string of the molecule is CCCc1cc(N2CCC(NC3CCN(C(=O)c4ccccc4)CC3)C2)nc(Nc2cccc(C#N)c2)n1. The molecule has 196 valence electrons. The fraction of sp³-hybridized carbons (Fsp3) is 0.400. The molecule has 2 saturated heterocycles. The zero-order chi connectivity index (χ0) is 26.3. The highest BCUT2D eigenvalue weighted by Crippen LogP contribution is 2.24. The van der Waals surface area contributed by atoms with Gasteiger partial charge in [-0.15, -0.1) is 0 Å². The number of hydrogen-bond acceptors (Lipinski definition) is 7. The van der Waals surface area contributed by atoms with Crippen LogP contribution in [0.3, 0.4) is 0 Å². The smallest absolute Gasteiger partial charge is 0.253 e. The van der Waals surface area contributed by atoms with Crippen LogP contribution in [-0.4, -0.2) is 59.0 Å². The number of likely N-dealkylation sites (tertiary alicyclic amines) is 1. The normalized spacial score (nSPS) is 17.8. The van der Waals surface area contributed by atoms with E-state index in [0.29, 0.717) is 23.6 Å². The number of rotatable bonds is 8. The summed E-state index contributed by atoms with van der Waals surface area (Å²) in [6, 6.07) is 22.0. The van der Waals surface area contributed by atoms with Crippen LogP contribution in [0.1, 0.15) is 54.2 Å². The molecule has 1 atom stereocenters. The van der Waals surface area contributed by atoms with Crippen LogP contribution >= 0.6 is 0 Å². The lowest BCUT2D eigenvalue weighted by Crippen LogP contribution is -2.48. The number of aromatic nitrogens is 2. The molecule has 1 amide bonds. The molecule has 2 aromatic carbocycles. The van der Waals surface area contributed by atoms with Gasteiger partial charge in [-0.05, 0) is 56.0 Å². The van der Waals surface area contributed by atoms with E-state index in [1.807, 2.05) is 53.4 Å². The van der Waals surface area contributed by atoms with E-state index in [1.165, 1.54) is 0 Å². The Hall–Kier alpha value is -3.96. The van der Waals surface area contributed by atoms with E-state index < -0.39 is 0 Å². The molecule has 0 aliphatic carbocycles. The van der Waals surface area contributed by atoms with Crippen molar-refractivity contribution in [1.29, 1.82) is 5.26 Å². The largest absolute Gasteiger partial charge is 0.355 e. The van der Waals surface area contributed by atoms with Gasteiger partial charge in [-0.25, -0.2) is 4.98 Å². The summed E-state index contributed by atoms with van der Waals surface area (Å²) < 4.78 is 0. The first-order chi connectivity index (χ1) is 18.6. The Morgan fingerprint density at radius 1 is 1.00 bits per heavy atom. The molecule has 0 radical (unpaired) electrons. The van der Waals surface area contributed by atoms with Crippen LogP contribution < -0.4 is 15.5 Å². The number of carbonyl (C=O) groups is 1. The highest BCUT2D eigenvalue weighted by molar-refractivity contribution is 5.94. The quantitative estimate of drug-likeness (QED) is 0.461. The molecule has 0 bridgehead atoms. The maximum atomic E-state index is 12.8. The van der Waals surface area contributed by atoms with Crippen LogP contribution in [0, 0.1) is 11.3 Å². The molecular weight excluding hydrogens is 474 g/mol. The lowest BCUT2D eigenvalue weighted by Gasteiger charge is -2.34. The van der Waals surface area contributed by atoms with Crippen LogP contribution in [0.15, 0.2) is 60.7 Å². The van der Waals surface area contributed by atoms with E-state index in [1.54, 1.807) is 6.07 Å². The molecule has 0 saturated carbocycles. The first-order valence-corrected chi connectivity index (χ1v) is 13.6. The van der Waals surface area contributed by atoms with E-state index in [2.05, 4.69) is 34.6 Å². The van der Waals surface area contributed by atoms with E-state index in [4.69, 9.17) is 9.97 Å². The monoisotopic (exact) mass is 509 g/mol. The Balaban J connectivity index is 1.18. The summed E-state index contributed by atoms with van der Waals surface area (Å²) >= 11 is 0. The maximum Gasteiger partial charge on any atom is 0.253 e. The first-order valence-electron chi connectivity index (χ1n) is 13.6. The number of hydrogen-bond donors (Lipinski definition) is 2. The van der Waals surface area contributed by atoms with Gasteiger partial charge in [-0.3, -0.25) is 4.79 Å². The second kappa shape index (κ2) is 12.1. The molecule has 0 spiro atoms. The van der Waals surface area contributed by atoms with Gasteiger partial charge in [-0.2, -0.15) is 10.2 Å². The summed E-state index contributed by atoms with van der Waals surface area (Å²) in [6.45, 7) is 5.57. The lowest BCUT2D eigenvalue weighted by molar-refractivity contribution is 0.0702. The molecule has 8 nitrogen and oxygen atoms in total. The number of nitriles is 1. The molecule has 38 heavy (non-hydrogen) atoms. The second-order valence-corrected chi connectivity index (χ2v) is 10.1. The number of carbonyl (C=O) groups excluding carboxylic acids is 1. The fourth-order valence-corrected chi connectivity index (χ4v) is 5.33. The topological polar surface area (TPSA) is 97.2 Å². The molecule has 2 aliphatic rings. The van der Waals surface area contributed by atoms with Crippen molar-refractivity contribution in [1.82, 2.24) is 20.2 Å². The summed E-state index contributed by atoms with van der Waals surface area (Å²) in [6.07, 6.45) is 4.90. The maximum absolute atomic E-state index is 12.8. The Bertz CT molecular complexity index is 1280. The molecule has 1 aromatic heterocycles. The van der Waals surface area contributed by atoms with Gasteiger partial charge in [-0.1, -0.05) is 37.6 Å². The summed E-state index contributed by atoms with van der Waals surface area (Å²) in [5.41, 5.74) is 3.19. The average molecular weight is 510 g/mol. The third kappa shape index (κ3) is 6.29. The van der Waals surface area contributed by atoms with E-state index >= 15 is 0 Å². The Labute approximate surface area is 224 Å². The highest BCUT2D eigenvalue weighted by Gasteiger charge is 2.29. The number of benzene rings is 2. The van der Waals surface area contributed by atoms with Crippen LogP contribution in [0.25, 0.3) is 0 Å². The van der Waals surface area contributed by atoms with Gasteiger partial charge in [0, 0.05) is 61.3 Å². The van der Waals surface area contributed by atoms with Gasteiger partial charge in [0.2, 0.25) is 5.95 Å². The third-order valence-corrected chi connectivity index (χ3v) is 7.31. The van der Waals surface area contributed by atoms with Crippen molar-refractivity contribution < 1.29 is 4.79 Å². The van der Waals surface area contributed by atoms with Crippen molar-refractivity contribution in [2.24, 2.45) is 0 Å². The van der Waals surface area contributed by atoms with Crippen LogP contribution in [-0.2, 0) is 6.42 Å². The molecule has 3 heterocycles. The Morgan fingerprint density at radius 2 is 1.79 bits per heavy atom. The summed E-state index contributed by atoms with van der Waals surface area (Å²) in [4.78, 5) is 26.6. The molecular formula is C30H35N7O. The number of anilines is 3. The predicted octanol–water partition coefficient (Wildman–Crippen LogP) is 4.52. The van der Waals surface area contributed by atoms with Crippen molar-refractivity contribution in [3.05, 3.63) is 77.5 Å². The standard InChI is InChI=1S/C30H35N7O/c1-2-7-25-19-28(35-30(33-25)34-26-11-6-8-22(18-26)20-31)37-17-14-27(21-37)32-24-12-15-36(16-13-24)29(38)23-9-4-3-5-10-23/h3-6,8-11,18-19,24,27,32H,2,7,12-17,21H2,1H3,(H,33,34,35). The third-order valence-electron chi connectivity index (χ3n) is 7.31. The molecule has 1 unspecified atom stereocenters. The molecule has 5 rings (SSSR count). The van der Waals surface area contributed by atoms with Crippen LogP contribution in [0.5, 0.6) is 0 Å². The van der Waals surface area contributed by atoms with Gasteiger partial charge >= 0.3 is 0 Å². The minimum absolute atomic E-state index is 0.131. The molecule has 2 fully saturated rings. The van der Waals surface area contributed by atoms with E-state index in [9.17, 15) is 10.1 Å². The molecule has 2 N–H and O–H groups in total. The predicted molar refractivity (Wildman–Crippen MR) is 150 cm³/mol. The number of nitrogens with zero attached hydrogens (tertiary/aromatic N) is 5. The Morgan fingerprint density at radius 3 is 2.55 bits per heavy atom. The summed E-state index contributed by atoms with van der Waals surface area (Å²) in [7, 11) is 0. The first kappa shape index (κ1) is 25.7. The van der Waals surface area contributed by atoms with Crippen molar-refractivity contribution >= 4 is 23.4 Å². The number of amides is 1. The zero-order valence-corrected chi connectivity index (χ0v) is 21.9. The lowest BCUT2D eigenvalue weighted by atomic mass is 10.0. The van der Waals surface area contributed by atoms with Gasteiger partial charge < -0.3 is 20.4 Å². The zero-order valence-electron chi connectivity index (χ0n) is 21.9. The minimum Gasteiger partial charge on any atom is -0.355 e. The highest BCUT2D eigenvalue weighted by atomic mass is 16.2. The van der Waals surface area contributed by atoms with Crippen LogP contribution in [0.4, 0.5) is 17.5 Å². The molecule has 2 aliphatic heterocycles. The van der Waals surface area contributed by atoms with Crippen molar-refractivity contribution in [2.45, 2.75) is 51.1 Å². The fourth-order valence-electron chi connectivity index (χ4n) is 5.33. The van der Waals surface area contributed by atoms with Crippen molar-refractivity contribution in [3.63, 3.8) is 0 Å². The molecule has 3 aromatic rings. The summed E-state index contributed by atoms with van der Waals surface area (Å²) in [5, 5.41) is 16.4. The van der Waals surface area contributed by atoms with Crippen molar-refractivity contribution in [2.75, 3.05) is 36.4 Å². The van der Waals surface area contributed by atoms with Gasteiger partial charge in [0.05, 0.1) is 11.6 Å². The summed E-state index contributed by atoms with van der Waals surface area (Å²) in [5.74, 6) is 1.63. The average Bonchev–Trinajstić information content (AvgIpc) is 3.42. The number of nitrogens with one attached hydrogen (secondary N) is 2. The van der Waals surface area contributed by atoms with Gasteiger partial charge in [0.15, 0.2) is 0 Å². The van der Waals surface area contributed by atoms with E-state index in [-0.39, 0.29) is 5.91 Å². The van der Waals surface area contributed by atoms with Gasteiger partial charge in [0.25, 0.3) is 5.91 Å².